The van der Waals surface area contributed by atoms with Crippen molar-refractivity contribution in [1.82, 2.24) is 0 Å². The molecule has 1 aromatic carbocycles. The van der Waals surface area contributed by atoms with E-state index in [1.807, 2.05) is 30.3 Å². The molecule has 0 aliphatic rings. The van der Waals surface area contributed by atoms with Gasteiger partial charge in [-0.15, -0.1) is 0 Å². The summed E-state index contributed by atoms with van der Waals surface area (Å²) in [6, 6.07) is 9.22. The standard InChI is InChI=1S/C12H15NO3.CH4S.K/c1-16-12(15)9-5-8-11(14)13-10-6-3-2-4-7-10;1-2;/h2-4,6-7H,5,8-9H2,1H3,(H,13,14);2H,1H3;/q;;+1/p-1. The molecular formula is C13H18KNO3S. The van der Waals surface area contributed by atoms with Gasteiger partial charge in [-0.05, 0) is 18.6 Å². The molecule has 0 aromatic heterocycles. The minimum absolute atomic E-state index is 0. The number of hydrogen-bond donors (Lipinski definition) is 1. The number of ether oxygens (including phenoxy) is 1. The number of methoxy groups -OCH3 is 1. The van der Waals surface area contributed by atoms with E-state index in [2.05, 4.69) is 22.7 Å². The van der Waals surface area contributed by atoms with Crippen molar-refractivity contribution in [3.05, 3.63) is 30.3 Å². The van der Waals surface area contributed by atoms with Gasteiger partial charge in [0.2, 0.25) is 5.91 Å². The summed E-state index contributed by atoms with van der Waals surface area (Å²) < 4.78 is 4.48. The summed E-state index contributed by atoms with van der Waals surface area (Å²) in [6.45, 7) is 0. The molecule has 100 valence electrons. The van der Waals surface area contributed by atoms with E-state index < -0.39 is 0 Å². The van der Waals surface area contributed by atoms with E-state index >= 15 is 0 Å². The minimum atomic E-state index is -0.285. The zero-order valence-corrected chi connectivity index (χ0v) is 15.6. The van der Waals surface area contributed by atoms with Gasteiger partial charge in [-0.25, -0.2) is 0 Å². The zero-order chi connectivity index (χ0) is 13.8. The maximum atomic E-state index is 11.4. The molecule has 0 aliphatic carbocycles. The van der Waals surface area contributed by atoms with Crippen LogP contribution in [0.25, 0.3) is 0 Å². The molecule has 1 aromatic rings. The normalized spacial score (nSPS) is 8.37. The van der Waals surface area contributed by atoms with Crippen LogP contribution in [0, 0.1) is 0 Å². The number of rotatable bonds is 5. The van der Waals surface area contributed by atoms with Crippen molar-refractivity contribution >= 4 is 30.2 Å². The predicted molar refractivity (Wildman–Crippen MR) is 74.2 cm³/mol. The van der Waals surface area contributed by atoms with Crippen molar-refractivity contribution in [1.29, 1.82) is 0 Å². The summed E-state index contributed by atoms with van der Waals surface area (Å²) >= 11 is 4.08. The first-order valence-corrected chi connectivity index (χ1v) is 6.36. The van der Waals surface area contributed by atoms with Crippen LogP contribution in [-0.4, -0.2) is 25.2 Å². The summed E-state index contributed by atoms with van der Waals surface area (Å²) in [5.74, 6) is -0.373. The number of amides is 1. The first kappa shape index (κ1) is 21.4. The fraction of sp³-hybridized carbons (Fsp3) is 0.385. The third kappa shape index (κ3) is 11.7. The number of benzene rings is 1. The third-order valence-corrected chi connectivity index (χ3v) is 2.07. The molecule has 0 unspecified atom stereocenters. The molecule has 0 heterocycles. The van der Waals surface area contributed by atoms with Gasteiger partial charge in [0, 0.05) is 18.5 Å². The van der Waals surface area contributed by atoms with Crippen LogP contribution in [0.5, 0.6) is 0 Å². The van der Waals surface area contributed by atoms with Crippen LogP contribution in [-0.2, 0) is 27.0 Å². The molecular weight excluding hydrogens is 289 g/mol. The van der Waals surface area contributed by atoms with Crippen LogP contribution in [0.4, 0.5) is 5.69 Å². The van der Waals surface area contributed by atoms with Crippen LogP contribution in [0.3, 0.4) is 0 Å². The molecule has 0 saturated heterocycles. The van der Waals surface area contributed by atoms with Crippen LogP contribution < -0.4 is 56.7 Å². The van der Waals surface area contributed by atoms with Gasteiger partial charge in [-0.2, -0.15) is 6.26 Å². The van der Waals surface area contributed by atoms with Crippen molar-refractivity contribution < 1.29 is 65.7 Å². The van der Waals surface area contributed by atoms with Crippen LogP contribution in [0.2, 0.25) is 0 Å². The Hall–Kier alpha value is 0.146. The second-order valence-electron chi connectivity index (χ2n) is 3.34. The molecule has 0 spiro atoms. The first-order valence-electron chi connectivity index (χ1n) is 5.55. The Morgan fingerprint density at radius 3 is 2.26 bits per heavy atom. The Labute approximate surface area is 162 Å². The van der Waals surface area contributed by atoms with Gasteiger partial charge in [0.15, 0.2) is 0 Å². The first-order chi connectivity index (χ1) is 8.72. The van der Waals surface area contributed by atoms with Gasteiger partial charge in [0.25, 0.3) is 0 Å². The molecule has 0 saturated carbocycles. The van der Waals surface area contributed by atoms with E-state index in [-0.39, 0.29) is 69.7 Å². The van der Waals surface area contributed by atoms with E-state index in [1.165, 1.54) is 7.11 Å². The maximum absolute atomic E-state index is 11.4. The molecule has 4 nitrogen and oxygen atoms in total. The van der Waals surface area contributed by atoms with Crippen LogP contribution in [0.15, 0.2) is 30.3 Å². The van der Waals surface area contributed by atoms with Gasteiger partial charge in [0.05, 0.1) is 7.11 Å². The molecule has 6 heteroatoms. The van der Waals surface area contributed by atoms with Gasteiger partial charge < -0.3 is 22.7 Å². The molecule has 1 rings (SSSR count). The molecule has 0 radical (unpaired) electrons. The fourth-order valence-electron chi connectivity index (χ4n) is 1.24. The van der Waals surface area contributed by atoms with Gasteiger partial charge in [-0.1, -0.05) is 18.2 Å². The molecule has 0 bridgehead atoms. The van der Waals surface area contributed by atoms with E-state index in [1.54, 1.807) is 6.26 Å². The second-order valence-corrected chi connectivity index (χ2v) is 3.34. The number of para-hydroxylation sites is 1. The summed E-state index contributed by atoms with van der Waals surface area (Å²) in [5.41, 5.74) is 0.769. The molecule has 1 N–H and O–H groups in total. The fourth-order valence-corrected chi connectivity index (χ4v) is 1.24. The van der Waals surface area contributed by atoms with Gasteiger partial charge in [0.1, 0.15) is 0 Å². The molecule has 19 heavy (non-hydrogen) atoms. The SMILES string of the molecule is COC(=O)CCCC(=O)Nc1ccccc1.C[S-].[K+]. The Morgan fingerprint density at radius 1 is 1.16 bits per heavy atom. The predicted octanol–water partition coefficient (Wildman–Crippen LogP) is -0.864. The number of carbonyl (C=O) groups excluding carboxylic acids is 2. The molecule has 0 aliphatic heterocycles. The topological polar surface area (TPSA) is 55.4 Å². The van der Waals surface area contributed by atoms with E-state index in [0.29, 0.717) is 12.8 Å². The number of anilines is 1. The van der Waals surface area contributed by atoms with Crippen molar-refractivity contribution in [2.45, 2.75) is 19.3 Å². The molecule has 1 amide bonds. The number of nitrogens with one attached hydrogen (secondary N) is 1. The van der Waals surface area contributed by atoms with E-state index in [0.717, 1.165) is 5.69 Å². The smallest absolute Gasteiger partial charge is 0.796 e. The van der Waals surface area contributed by atoms with E-state index in [9.17, 15) is 9.59 Å². The van der Waals surface area contributed by atoms with Crippen molar-refractivity contribution in [2.24, 2.45) is 0 Å². The second kappa shape index (κ2) is 14.6. The minimum Gasteiger partial charge on any atom is -0.796 e. The summed E-state index contributed by atoms with van der Waals surface area (Å²) in [5, 5.41) is 2.74. The third-order valence-electron chi connectivity index (χ3n) is 2.07. The van der Waals surface area contributed by atoms with Crippen LogP contribution in [0.1, 0.15) is 19.3 Å². The molecule has 0 fully saturated rings. The summed E-state index contributed by atoms with van der Waals surface area (Å²) in [6.07, 6.45) is 2.69. The Bertz CT molecular complexity index is 360. The quantitative estimate of drug-likeness (QED) is 0.437. The van der Waals surface area contributed by atoms with Gasteiger partial charge >= 0.3 is 57.4 Å². The average molecular weight is 307 g/mol. The van der Waals surface area contributed by atoms with Crippen molar-refractivity contribution in [3.8, 4) is 0 Å². The average Bonchev–Trinajstić information content (AvgIpc) is 2.42. The monoisotopic (exact) mass is 307 g/mol. The number of esters is 1. The largest absolute Gasteiger partial charge is 1.00 e. The van der Waals surface area contributed by atoms with Gasteiger partial charge in [-0.3, -0.25) is 9.59 Å². The summed E-state index contributed by atoms with van der Waals surface area (Å²) in [7, 11) is 1.34. The number of carbonyl (C=O) groups is 2. The Balaban J connectivity index is 0. The Kier molecular flexibility index (Phi) is 16.4. The van der Waals surface area contributed by atoms with E-state index in [4.69, 9.17) is 0 Å². The van der Waals surface area contributed by atoms with Crippen LogP contribution >= 0.6 is 0 Å². The summed E-state index contributed by atoms with van der Waals surface area (Å²) in [4.78, 5) is 22.2. The Morgan fingerprint density at radius 2 is 1.74 bits per heavy atom. The molecule has 0 atom stereocenters. The number of hydrogen-bond acceptors (Lipinski definition) is 4. The maximum Gasteiger partial charge on any atom is 1.00 e. The van der Waals surface area contributed by atoms with Crippen molar-refractivity contribution in [2.75, 3.05) is 18.7 Å². The van der Waals surface area contributed by atoms with Crippen molar-refractivity contribution in [3.63, 3.8) is 0 Å². The zero-order valence-electron chi connectivity index (χ0n) is 11.6.